The molecule has 2 heterocycles. The van der Waals surface area contributed by atoms with Gasteiger partial charge in [-0.3, -0.25) is 4.98 Å². The molecular formula is C22H19N3O. The van der Waals surface area contributed by atoms with Gasteiger partial charge in [-0.1, -0.05) is 54.6 Å². The van der Waals surface area contributed by atoms with Crippen LogP contribution < -0.4 is 5.32 Å². The lowest BCUT2D eigenvalue weighted by Crippen LogP contribution is -2.14. The average molecular weight is 341 g/mol. The maximum Gasteiger partial charge on any atom is 0.147 e. The van der Waals surface area contributed by atoms with Crippen molar-refractivity contribution in [3.05, 3.63) is 95.8 Å². The van der Waals surface area contributed by atoms with Crippen LogP contribution in [-0.2, 0) is 0 Å². The molecule has 0 fully saturated rings. The molecule has 0 unspecified atom stereocenters. The Kier molecular flexibility index (Phi) is 4.23. The molecule has 0 radical (unpaired) electrons. The number of rotatable bonds is 4. The molecule has 2 N–H and O–H groups in total. The minimum atomic E-state index is -0.239. The van der Waals surface area contributed by atoms with Crippen LogP contribution in [0.4, 0.5) is 5.82 Å². The molecule has 4 aromatic rings. The van der Waals surface area contributed by atoms with Gasteiger partial charge in [0.15, 0.2) is 0 Å². The zero-order valence-electron chi connectivity index (χ0n) is 14.4. The minimum Gasteiger partial charge on any atom is -0.505 e. The zero-order chi connectivity index (χ0) is 17.9. The highest BCUT2D eigenvalue weighted by Gasteiger charge is 2.20. The number of phenols is 1. The number of benzene rings is 2. The number of nitrogens with one attached hydrogen (secondary N) is 1. The number of aromatic hydroxyl groups is 1. The van der Waals surface area contributed by atoms with E-state index in [2.05, 4.69) is 15.3 Å². The molecule has 26 heavy (non-hydrogen) atoms. The average Bonchev–Trinajstić information content (AvgIpc) is 2.68. The van der Waals surface area contributed by atoms with Gasteiger partial charge in [-0.2, -0.15) is 0 Å². The van der Waals surface area contributed by atoms with Gasteiger partial charge in [0.1, 0.15) is 17.1 Å². The third-order valence-corrected chi connectivity index (χ3v) is 4.40. The maximum atomic E-state index is 10.9. The number of anilines is 1. The molecule has 1 atom stereocenters. The van der Waals surface area contributed by atoms with Gasteiger partial charge in [-0.25, -0.2) is 4.98 Å². The predicted molar refractivity (Wildman–Crippen MR) is 104 cm³/mol. The molecule has 0 amide bonds. The van der Waals surface area contributed by atoms with Crippen molar-refractivity contribution in [2.75, 3.05) is 5.32 Å². The fourth-order valence-corrected chi connectivity index (χ4v) is 3.14. The fraction of sp³-hybridized carbons (Fsp3) is 0.0909. The van der Waals surface area contributed by atoms with Gasteiger partial charge in [0.2, 0.25) is 0 Å². The van der Waals surface area contributed by atoms with E-state index < -0.39 is 0 Å². The summed E-state index contributed by atoms with van der Waals surface area (Å²) in [6.45, 7) is 1.96. The Hall–Kier alpha value is -3.40. The van der Waals surface area contributed by atoms with Crippen LogP contribution in [0.1, 0.15) is 22.9 Å². The summed E-state index contributed by atoms with van der Waals surface area (Å²) < 4.78 is 0. The van der Waals surface area contributed by atoms with E-state index in [1.807, 2.05) is 79.7 Å². The van der Waals surface area contributed by atoms with Crippen LogP contribution in [0.15, 0.2) is 79.0 Å². The van der Waals surface area contributed by atoms with Gasteiger partial charge in [0, 0.05) is 22.8 Å². The molecule has 0 saturated heterocycles. The van der Waals surface area contributed by atoms with E-state index in [9.17, 15) is 5.11 Å². The summed E-state index contributed by atoms with van der Waals surface area (Å²) >= 11 is 0. The first-order valence-electron chi connectivity index (χ1n) is 8.54. The smallest absolute Gasteiger partial charge is 0.147 e. The highest BCUT2D eigenvalue weighted by Crippen LogP contribution is 2.36. The molecule has 4 heteroatoms. The number of nitrogens with zero attached hydrogens (tertiary/aromatic N) is 2. The predicted octanol–water partition coefficient (Wildman–Crippen LogP) is 4.85. The number of aryl methyl sites for hydroxylation is 1. The quantitative estimate of drug-likeness (QED) is 0.557. The first kappa shape index (κ1) is 16.1. The standard InChI is InChI=1S/C22H19N3O/c1-15-7-5-11-19(24-15)25-20(16-8-3-2-4-9-16)18-13-12-17-10-6-14-23-21(17)22(18)26/h2-14,20,26H,1H3,(H,24,25)/t20-/m0/s1. The Balaban J connectivity index is 1.84. The van der Waals surface area contributed by atoms with Crippen molar-refractivity contribution in [3.8, 4) is 5.75 Å². The Labute approximate surface area is 152 Å². The largest absolute Gasteiger partial charge is 0.505 e. The molecule has 0 spiro atoms. The van der Waals surface area contributed by atoms with Crippen molar-refractivity contribution >= 4 is 16.7 Å². The Morgan fingerprint density at radius 2 is 1.73 bits per heavy atom. The summed E-state index contributed by atoms with van der Waals surface area (Å²) in [5, 5.41) is 15.3. The number of fused-ring (bicyclic) bond motifs is 1. The van der Waals surface area contributed by atoms with Crippen molar-refractivity contribution in [2.24, 2.45) is 0 Å². The third-order valence-electron chi connectivity index (χ3n) is 4.40. The highest BCUT2D eigenvalue weighted by atomic mass is 16.3. The molecule has 0 saturated carbocycles. The van der Waals surface area contributed by atoms with E-state index in [1.54, 1.807) is 6.20 Å². The molecule has 2 aromatic carbocycles. The lowest BCUT2D eigenvalue weighted by atomic mass is 9.96. The monoisotopic (exact) mass is 341 g/mol. The number of hydrogen-bond donors (Lipinski definition) is 2. The van der Waals surface area contributed by atoms with Crippen molar-refractivity contribution in [2.45, 2.75) is 13.0 Å². The number of pyridine rings is 2. The molecule has 0 aliphatic carbocycles. The second kappa shape index (κ2) is 6.84. The van der Waals surface area contributed by atoms with Gasteiger partial charge >= 0.3 is 0 Å². The minimum absolute atomic E-state index is 0.192. The normalized spacial score (nSPS) is 12.0. The van der Waals surface area contributed by atoms with Crippen LogP contribution in [0.3, 0.4) is 0 Å². The topological polar surface area (TPSA) is 58.0 Å². The van der Waals surface area contributed by atoms with E-state index in [0.29, 0.717) is 5.52 Å². The van der Waals surface area contributed by atoms with Gasteiger partial charge in [-0.15, -0.1) is 0 Å². The van der Waals surface area contributed by atoms with Crippen molar-refractivity contribution < 1.29 is 5.11 Å². The lowest BCUT2D eigenvalue weighted by Gasteiger charge is -2.22. The van der Waals surface area contributed by atoms with Crippen molar-refractivity contribution in [1.82, 2.24) is 9.97 Å². The maximum absolute atomic E-state index is 10.9. The number of aromatic nitrogens is 2. The molecule has 0 aliphatic rings. The van der Waals surface area contributed by atoms with E-state index in [0.717, 1.165) is 28.0 Å². The van der Waals surface area contributed by atoms with Gasteiger partial charge < -0.3 is 10.4 Å². The summed E-state index contributed by atoms with van der Waals surface area (Å²) in [7, 11) is 0. The van der Waals surface area contributed by atoms with Gasteiger partial charge in [-0.05, 0) is 30.7 Å². The molecular weight excluding hydrogens is 322 g/mol. The molecule has 128 valence electrons. The van der Waals surface area contributed by atoms with Crippen LogP contribution in [0.25, 0.3) is 10.9 Å². The summed E-state index contributed by atoms with van der Waals surface area (Å²) in [5.41, 5.74) is 3.35. The van der Waals surface area contributed by atoms with Crippen LogP contribution in [0, 0.1) is 6.92 Å². The Bertz CT molecular complexity index is 1050. The first-order valence-corrected chi connectivity index (χ1v) is 8.54. The van der Waals surface area contributed by atoms with Gasteiger partial charge in [0.05, 0.1) is 6.04 Å². The third kappa shape index (κ3) is 3.09. The van der Waals surface area contributed by atoms with Crippen LogP contribution in [-0.4, -0.2) is 15.1 Å². The molecule has 0 aliphatic heterocycles. The van der Waals surface area contributed by atoms with E-state index in [4.69, 9.17) is 0 Å². The lowest BCUT2D eigenvalue weighted by molar-refractivity contribution is 0.471. The Morgan fingerprint density at radius 3 is 2.54 bits per heavy atom. The van der Waals surface area contributed by atoms with Crippen molar-refractivity contribution in [1.29, 1.82) is 0 Å². The second-order valence-electron chi connectivity index (χ2n) is 6.23. The van der Waals surface area contributed by atoms with E-state index in [1.165, 1.54) is 0 Å². The van der Waals surface area contributed by atoms with Gasteiger partial charge in [0.25, 0.3) is 0 Å². The van der Waals surface area contributed by atoms with E-state index in [-0.39, 0.29) is 11.8 Å². The summed E-state index contributed by atoms with van der Waals surface area (Å²) in [5.74, 6) is 0.955. The summed E-state index contributed by atoms with van der Waals surface area (Å²) in [6, 6.07) is 23.4. The molecule has 2 aromatic heterocycles. The summed E-state index contributed by atoms with van der Waals surface area (Å²) in [4.78, 5) is 8.89. The first-order chi connectivity index (χ1) is 12.7. The highest BCUT2D eigenvalue weighted by molar-refractivity contribution is 5.86. The molecule has 4 nitrogen and oxygen atoms in total. The zero-order valence-corrected chi connectivity index (χ0v) is 14.4. The SMILES string of the molecule is Cc1cccc(N[C@@H](c2ccccc2)c2ccc3cccnc3c2O)n1. The van der Waals surface area contributed by atoms with E-state index >= 15 is 0 Å². The number of phenolic OH excluding ortho intramolecular Hbond substituents is 1. The van der Waals surface area contributed by atoms with Crippen molar-refractivity contribution in [3.63, 3.8) is 0 Å². The molecule has 0 bridgehead atoms. The number of hydrogen-bond acceptors (Lipinski definition) is 4. The fourth-order valence-electron chi connectivity index (χ4n) is 3.14. The second-order valence-corrected chi connectivity index (χ2v) is 6.23. The molecule has 4 rings (SSSR count). The van der Waals surface area contributed by atoms with Crippen LogP contribution in [0.5, 0.6) is 5.75 Å². The van der Waals surface area contributed by atoms with Crippen LogP contribution in [0.2, 0.25) is 0 Å². The van der Waals surface area contributed by atoms with Crippen LogP contribution >= 0.6 is 0 Å². The Morgan fingerprint density at radius 1 is 0.885 bits per heavy atom. The summed E-state index contributed by atoms with van der Waals surface area (Å²) in [6.07, 6.45) is 1.69.